The number of carbonyl (C=O) groups excluding carboxylic acids is 1. The van der Waals surface area contributed by atoms with Crippen LogP contribution in [-0.4, -0.2) is 72.1 Å². The van der Waals surface area contributed by atoms with Crippen molar-refractivity contribution < 1.29 is 23.2 Å². The Morgan fingerprint density at radius 2 is 1.78 bits per heavy atom. The number of anilines is 2. The number of benzene rings is 1. The Balaban J connectivity index is 1.22. The third-order valence-corrected chi connectivity index (χ3v) is 9.15. The number of nitrogens with zero attached hydrogens (tertiary/aromatic N) is 4. The lowest BCUT2D eigenvalue weighted by molar-refractivity contribution is -0.721. The summed E-state index contributed by atoms with van der Waals surface area (Å²) in [6.45, 7) is 4.34. The highest BCUT2D eigenvalue weighted by Crippen LogP contribution is 2.43. The van der Waals surface area contributed by atoms with E-state index in [9.17, 15) is 18.7 Å². The predicted octanol–water partition coefficient (Wildman–Crippen LogP) is 3.21. The number of aliphatic hydroxyl groups is 1. The fourth-order valence-electron chi connectivity index (χ4n) is 7.37. The van der Waals surface area contributed by atoms with Gasteiger partial charge < -0.3 is 14.9 Å². The summed E-state index contributed by atoms with van der Waals surface area (Å²) in [4.78, 5) is 23.0. The van der Waals surface area contributed by atoms with Gasteiger partial charge >= 0.3 is 5.95 Å². The number of nitrogens with one attached hydrogen (secondary N) is 1. The van der Waals surface area contributed by atoms with Crippen molar-refractivity contribution in [1.29, 1.82) is 0 Å². The molecule has 0 radical (unpaired) electrons. The van der Waals surface area contributed by atoms with E-state index in [4.69, 9.17) is 4.98 Å². The van der Waals surface area contributed by atoms with Gasteiger partial charge in [-0.3, -0.25) is 10.1 Å². The maximum atomic E-state index is 13.5. The van der Waals surface area contributed by atoms with Gasteiger partial charge in [-0.2, -0.15) is 0 Å². The van der Waals surface area contributed by atoms with Crippen LogP contribution in [0.4, 0.5) is 20.4 Å². The first-order chi connectivity index (χ1) is 17.7. The van der Waals surface area contributed by atoms with E-state index < -0.39 is 5.92 Å². The molecule has 1 aromatic carbocycles. The molecule has 0 atom stereocenters. The zero-order valence-corrected chi connectivity index (χ0v) is 21.2. The van der Waals surface area contributed by atoms with Gasteiger partial charge in [0, 0.05) is 55.7 Å². The van der Waals surface area contributed by atoms with Crippen LogP contribution in [0.25, 0.3) is 11.1 Å². The lowest BCUT2D eigenvalue weighted by atomic mass is 9.73. The van der Waals surface area contributed by atoms with Crippen LogP contribution in [-0.2, 0) is 6.42 Å². The second kappa shape index (κ2) is 8.17. The fourth-order valence-corrected chi connectivity index (χ4v) is 7.37. The summed E-state index contributed by atoms with van der Waals surface area (Å²) < 4.78 is 29.2. The van der Waals surface area contributed by atoms with Gasteiger partial charge in [0.15, 0.2) is 5.78 Å². The number of Topliss-reactive ketones (excluding diaryl/α,β-unsaturated/α-hetero) is 1. The molecule has 1 aromatic heterocycles. The Morgan fingerprint density at radius 3 is 2.46 bits per heavy atom. The van der Waals surface area contributed by atoms with Gasteiger partial charge in [-0.05, 0) is 50.4 Å². The first-order valence-corrected chi connectivity index (χ1v) is 13.6. The molecule has 9 heteroatoms. The average Bonchev–Trinajstić information content (AvgIpc) is 2.80. The molecular weight excluding hydrogens is 476 g/mol. The third-order valence-electron chi connectivity index (χ3n) is 9.15. The second-order valence-corrected chi connectivity index (χ2v) is 12.2. The van der Waals surface area contributed by atoms with Crippen molar-refractivity contribution in [1.82, 2.24) is 9.88 Å². The molecule has 2 aromatic rings. The van der Waals surface area contributed by atoms with Crippen LogP contribution < -0.4 is 14.8 Å². The standard InChI is InChI=1S/C28H33F2N5O2/c1-33-13-27(14-33)15-34(16-27)19-4-7-21-22(8-19)25(37)9-24-23(21)12-31-26(32-17-10-28(29,30)11-17)35(24)18-2-5-20(36)6-3-18/h4,7-8,12,17-18,20,36H,2-3,5-6,9-11,13-16H2,1H3/p+1. The monoisotopic (exact) mass is 510 g/mol. The van der Waals surface area contributed by atoms with E-state index in [1.807, 2.05) is 6.07 Å². The molecule has 0 bridgehead atoms. The molecule has 1 spiro atoms. The van der Waals surface area contributed by atoms with Crippen LogP contribution in [0.5, 0.6) is 0 Å². The summed E-state index contributed by atoms with van der Waals surface area (Å²) in [5.41, 5.74) is 4.99. The van der Waals surface area contributed by atoms with Crippen molar-refractivity contribution in [2.24, 2.45) is 5.41 Å². The van der Waals surface area contributed by atoms with E-state index in [2.05, 4.69) is 38.9 Å². The normalized spacial score (nSPS) is 28.1. The number of hydrogen-bond acceptors (Lipinski definition) is 6. The number of alkyl halides is 2. The highest BCUT2D eigenvalue weighted by molar-refractivity contribution is 6.07. The average molecular weight is 511 g/mol. The molecule has 37 heavy (non-hydrogen) atoms. The van der Waals surface area contributed by atoms with E-state index in [1.165, 1.54) is 0 Å². The quantitative estimate of drug-likeness (QED) is 0.616. The molecule has 2 N–H and O–H groups in total. The highest BCUT2D eigenvalue weighted by Gasteiger charge is 2.51. The third kappa shape index (κ3) is 3.93. The maximum absolute atomic E-state index is 13.5. The van der Waals surface area contributed by atoms with Gasteiger partial charge in [0.25, 0.3) is 5.92 Å². The molecule has 3 aliphatic carbocycles. The van der Waals surface area contributed by atoms with Crippen molar-refractivity contribution in [3.63, 3.8) is 0 Å². The summed E-state index contributed by atoms with van der Waals surface area (Å²) in [5.74, 6) is -1.98. The van der Waals surface area contributed by atoms with Gasteiger partial charge in [-0.25, -0.2) is 13.3 Å². The van der Waals surface area contributed by atoms with E-state index in [1.54, 1.807) is 6.20 Å². The number of aliphatic hydroxyl groups excluding tert-OH is 1. The minimum atomic E-state index is -2.62. The van der Waals surface area contributed by atoms with E-state index in [0.29, 0.717) is 24.2 Å². The van der Waals surface area contributed by atoms with Crippen molar-refractivity contribution in [3.05, 3.63) is 35.7 Å². The van der Waals surface area contributed by atoms with Gasteiger partial charge in [-0.15, -0.1) is 0 Å². The number of halogens is 2. The summed E-state index contributed by atoms with van der Waals surface area (Å²) in [6, 6.07) is 5.94. The number of carbonyl (C=O) groups is 1. The summed E-state index contributed by atoms with van der Waals surface area (Å²) >= 11 is 0. The number of fused-ring (bicyclic) bond motifs is 3. The summed E-state index contributed by atoms with van der Waals surface area (Å²) in [6.07, 6.45) is 4.26. The van der Waals surface area contributed by atoms with Crippen LogP contribution in [0.1, 0.15) is 60.6 Å². The van der Waals surface area contributed by atoms with Gasteiger partial charge in [0.1, 0.15) is 6.20 Å². The Kier molecular flexibility index (Phi) is 5.18. The molecule has 2 saturated heterocycles. The number of rotatable bonds is 4. The molecule has 0 unspecified atom stereocenters. The number of aromatic nitrogens is 2. The van der Waals surface area contributed by atoms with Gasteiger partial charge in [0.05, 0.1) is 35.9 Å². The molecule has 4 fully saturated rings. The molecule has 0 amide bonds. The molecule has 3 heterocycles. The maximum Gasteiger partial charge on any atom is 0.392 e. The van der Waals surface area contributed by atoms with Crippen molar-refractivity contribution in [2.75, 3.05) is 43.4 Å². The molecular formula is C28H34F2N5O2+. The summed E-state index contributed by atoms with van der Waals surface area (Å²) in [7, 11) is 2.15. The summed E-state index contributed by atoms with van der Waals surface area (Å²) in [5, 5.41) is 13.3. The lowest BCUT2D eigenvalue weighted by Gasteiger charge is -2.60. The zero-order valence-electron chi connectivity index (χ0n) is 21.2. The van der Waals surface area contributed by atoms with Gasteiger partial charge in [0.2, 0.25) is 0 Å². The second-order valence-electron chi connectivity index (χ2n) is 12.2. The topological polar surface area (TPSA) is 72.6 Å². The Bertz CT molecular complexity index is 1250. The van der Waals surface area contributed by atoms with E-state index in [-0.39, 0.29) is 43.2 Å². The molecule has 196 valence electrons. The fraction of sp³-hybridized carbons (Fsp3) is 0.607. The zero-order chi connectivity index (χ0) is 25.5. The minimum Gasteiger partial charge on any atom is -0.393 e. The van der Waals surface area contributed by atoms with Gasteiger partial charge in [-0.1, -0.05) is 11.1 Å². The minimum absolute atomic E-state index is 0.0699. The first-order valence-electron chi connectivity index (χ1n) is 13.6. The van der Waals surface area contributed by atoms with Crippen LogP contribution in [0.2, 0.25) is 0 Å². The smallest absolute Gasteiger partial charge is 0.392 e. The van der Waals surface area contributed by atoms with Crippen LogP contribution in [0.15, 0.2) is 24.4 Å². The molecule has 5 aliphatic rings. The highest BCUT2D eigenvalue weighted by atomic mass is 19.3. The molecule has 7 nitrogen and oxygen atoms in total. The van der Waals surface area contributed by atoms with Crippen LogP contribution >= 0.6 is 0 Å². The number of hydrogen-bond donors (Lipinski definition) is 2. The largest absolute Gasteiger partial charge is 0.393 e. The van der Waals surface area contributed by atoms with E-state index >= 15 is 0 Å². The van der Waals surface area contributed by atoms with E-state index in [0.717, 1.165) is 67.1 Å². The molecule has 2 saturated carbocycles. The van der Waals surface area contributed by atoms with Crippen LogP contribution in [0.3, 0.4) is 0 Å². The Labute approximate surface area is 215 Å². The molecule has 7 rings (SSSR count). The predicted molar refractivity (Wildman–Crippen MR) is 135 cm³/mol. The number of likely N-dealkylation sites (tertiary alicyclic amines) is 1. The Morgan fingerprint density at radius 1 is 1.05 bits per heavy atom. The SMILES string of the molecule is CN1CC2(C1)CN(c1ccc3c(c1)C(=O)Cc1c-3cnc(NC3CC(F)(F)C3)[n+]1C1CCC(O)CC1)C2. The first kappa shape index (κ1) is 23.5. The molecule has 2 aliphatic heterocycles. The number of ketones is 1. The van der Waals surface area contributed by atoms with Crippen LogP contribution in [0, 0.1) is 5.41 Å². The van der Waals surface area contributed by atoms with Crippen molar-refractivity contribution in [2.45, 2.75) is 69.1 Å². The Hall–Kier alpha value is -2.65. The van der Waals surface area contributed by atoms with Crippen molar-refractivity contribution in [3.8, 4) is 11.1 Å². The lowest BCUT2D eigenvalue weighted by Crippen LogP contribution is -2.71. The van der Waals surface area contributed by atoms with Crippen molar-refractivity contribution >= 4 is 17.4 Å².